The van der Waals surface area contributed by atoms with Crippen LogP contribution in [0, 0.1) is 0 Å². The number of rotatable bonds is 3. The van der Waals surface area contributed by atoms with Gasteiger partial charge in [0.1, 0.15) is 0 Å². The zero-order valence-electron chi connectivity index (χ0n) is 11.0. The highest BCUT2D eigenvalue weighted by molar-refractivity contribution is 9.10. The number of aliphatic hydroxyl groups is 1. The largest absolute Gasteiger partial charge is 0.396 e. The normalized spacial score (nSPS) is 23.1. The van der Waals surface area contributed by atoms with Crippen LogP contribution in [0.1, 0.15) is 20.3 Å². The van der Waals surface area contributed by atoms with Gasteiger partial charge in [-0.3, -0.25) is 0 Å². The molecule has 0 aromatic heterocycles. The molecule has 0 saturated carbocycles. The van der Waals surface area contributed by atoms with Gasteiger partial charge in [0.25, 0.3) is 0 Å². The molecule has 1 atom stereocenters. The van der Waals surface area contributed by atoms with Crippen molar-refractivity contribution in [3.05, 3.63) is 28.7 Å². The maximum atomic E-state index is 9.26. The molecule has 1 fully saturated rings. The van der Waals surface area contributed by atoms with Crippen LogP contribution >= 0.6 is 15.9 Å². The van der Waals surface area contributed by atoms with E-state index in [0.29, 0.717) is 6.04 Å². The molecule has 1 unspecified atom stereocenters. The van der Waals surface area contributed by atoms with E-state index in [1.807, 2.05) is 6.07 Å². The van der Waals surface area contributed by atoms with E-state index < -0.39 is 0 Å². The number of anilines is 1. The van der Waals surface area contributed by atoms with Gasteiger partial charge in [0, 0.05) is 35.7 Å². The molecule has 1 heterocycles. The highest BCUT2D eigenvalue weighted by Gasteiger charge is 2.36. The fourth-order valence-electron chi connectivity index (χ4n) is 2.77. The van der Waals surface area contributed by atoms with Gasteiger partial charge in [-0.25, -0.2) is 0 Å². The number of hydrogen-bond acceptors (Lipinski definition) is 3. The number of nitrogens with one attached hydrogen (secondary N) is 1. The minimum Gasteiger partial charge on any atom is -0.396 e. The van der Waals surface area contributed by atoms with Crippen molar-refractivity contribution < 1.29 is 5.11 Å². The van der Waals surface area contributed by atoms with Crippen molar-refractivity contribution in [2.45, 2.75) is 31.8 Å². The number of benzene rings is 1. The lowest BCUT2D eigenvalue weighted by Crippen LogP contribution is -2.63. The van der Waals surface area contributed by atoms with Gasteiger partial charge in [-0.05, 0) is 48.3 Å². The maximum Gasteiger partial charge on any atom is 0.0518 e. The molecular weight excluding hydrogens is 292 g/mol. The van der Waals surface area contributed by atoms with Gasteiger partial charge in [-0.1, -0.05) is 12.1 Å². The second kappa shape index (κ2) is 5.59. The van der Waals surface area contributed by atoms with E-state index in [2.05, 4.69) is 58.2 Å². The van der Waals surface area contributed by atoms with Gasteiger partial charge in [0.15, 0.2) is 0 Å². The van der Waals surface area contributed by atoms with E-state index in [-0.39, 0.29) is 12.1 Å². The first-order valence-corrected chi connectivity index (χ1v) is 7.21. The molecule has 1 saturated heterocycles. The van der Waals surface area contributed by atoms with E-state index in [1.165, 1.54) is 5.69 Å². The molecule has 1 aromatic rings. The highest BCUT2D eigenvalue weighted by Crippen LogP contribution is 2.34. The van der Waals surface area contributed by atoms with Crippen LogP contribution in [0.2, 0.25) is 0 Å². The third-order valence-electron chi connectivity index (χ3n) is 3.53. The van der Waals surface area contributed by atoms with Crippen LogP contribution in [0.3, 0.4) is 0 Å². The van der Waals surface area contributed by atoms with Crippen molar-refractivity contribution in [2.24, 2.45) is 0 Å². The van der Waals surface area contributed by atoms with E-state index in [9.17, 15) is 5.11 Å². The second-order valence-electron chi connectivity index (χ2n) is 5.43. The molecule has 2 rings (SSSR count). The fraction of sp³-hybridized carbons (Fsp3) is 0.571. The monoisotopic (exact) mass is 312 g/mol. The molecule has 0 amide bonds. The van der Waals surface area contributed by atoms with Gasteiger partial charge < -0.3 is 15.3 Å². The van der Waals surface area contributed by atoms with Gasteiger partial charge >= 0.3 is 0 Å². The first-order valence-electron chi connectivity index (χ1n) is 6.42. The lowest BCUT2D eigenvalue weighted by Gasteiger charge is -2.50. The Labute approximate surface area is 117 Å². The van der Waals surface area contributed by atoms with Crippen LogP contribution in [0.4, 0.5) is 5.69 Å². The van der Waals surface area contributed by atoms with Crippen LogP contribution in [0.25, 0.3) is 0 Å². The smallest absolute Gasteiger partial charge is 0.0518 e. The molecule has 1 aliphatic heterocycles. The average Bonchev–Trinajstić information content (AvgIpc) is 2.30. The highest BCUT2D eigenvalue weighted by atomic mass is 79.9. The number of para-hydroxylation sites is 1. The standard InChI is InChI=1S/C14H21BrN2O/c1-14(2)10-16-9-11(7-8-18)17(14)13-6-4-3-5-12(13)15/h3-6,11,16,18H,7-10H2,1-2H3. The molecule has 0 aliphatic carbocycles. The first kappa shape index (κ1) is 13.8. The molecule has 100 valence electrons. The Morgan fingerprint density at radius 2 is 2.17 bits per heavy atom. The van der Waals surface area contributed by atoms with Crippen molar-refractivity contribution in [1.29, 1.82) is 0 Å². The van der Waals surface area contributed by atoms with Crippen molar-refractivity contribution in [2.75, 3.05) is 24.6 Å². The first-order chi connectivity index (χ1) is 8.56. The van der Waals surface area contributed by atoms with Crippen LogP contribution in [-0.4, -0.2) is 36.4 Å². The zero-order valence-corrected chi connectivity index (χ0v) is 12.6. The Balaban J connectivity index is 2.37. The molecule has 1 aliphatic rings. The molecule has 1 aromatic carbocycles. The molecule has 4 heteroatoms. The van der Waals surface area contributed by atoms with Gasteiger partial charge in [0.05, 0.1) is 5.69 Å². The number of halogens is 1. The van der Waals surface area contributed by atoms with Crippen LogP contribution in [0.5, 0.6) is 0 Å². The Kier molecular flexibility index (Phi) is 4.30. The molecule has 3 nitrogen and oxygen atoms in total. The van der Waals surface area contributed by atoms with Crippen LogP contribution in [0.15, 0.2) is 28.7 Å². The van der Waals surface area contributed by atoms with Crippen molar-refractivity contribution in [1.82, 2.24) is 5.32 Å². The summed E-state index contributed by atoms with van der Waals surface area (Å²) >= 11 is 3.64. The Bertz CT molecular complexity index is 407. The topological polar surface area (TPSA) is 35.5 Å². The quantitative estimate of drug-likeness (QED) is 0.899. The van der Waals surface area contributed by atoms with Crippen molar-refractivity contribution >= 4 is 21.6 Å². The SMILES string of the molecule is CC1(C)CNCC(CCO)N1c1ccccc1Br. The summed E-state index contributed by atoms with van der Waals surface area (Å²) in [5.41, 5.74) is 1.25. The van der Waals surface area contributed by atoms with Crippen LogP contribution in [-0.2, 0) is 0 Å². The Morgan fingerprint density at radius 3 is 2.83 bits per heavy atom. The zero-order chi connectivity index (χ0) is 13.2. The van der Waals surface area contributed by atoms with E-state index in [1.54, 1.807) is 0 Å². The minimum absolute atomic E-state index is 0.0436. The number of piperazine rings is 1. The average molecular weight is 313 g/mol. The predicted molar refractivity (Wildman–Crippen MR) is 79.1 cm³/mol. The second-order valence-corrected chi connectivity index (χ2v) is 6.29. The van der Waals surface area contributed by atoms with Gasteiger partial charge in [-0.15, -0.1) is 0 Å². The predicted octanol–water partition coefficient (Wildman–Crippen LogP) is 2.39. The van der Waals surface area contributed by atoms with Gasteiger partial charge in [0.2, 0.25) is 0 Å². The Morgan fingerprint density at radius 1 is 1.44 bits per heavy atom. The summed E-state index contributed by atoms with van der Waals surface area (Å²) in [6, 6.07) is 8.64. The van der Waals surface area contributed by atoms with Crippen LogP contribution < -0.4 is 10.2 Å². The number of nitrogens with zero attached hydrogens (tertiary/aromatic N) is 1. The van der Waals surface area contributed by atoms with E-state index >= 15 is 0 Å². The number of aliphatic hydroxyl groups excluding tert-OH is 1. The summed E-state index contributed by atoms with van der Waals surface area (Å²) in [5.74, 6) is 0. The maximum absolute atomic E-state index is 9.26. The van der Waals surface area contributed by atoms with Crippen molar-refractivity contribution in [3.63, 3.8) is 0 Å². The molecule has 0 spiro atoms. The van der Waals surface area contributed by atoms with E-state index in [0.717, 1.165) is 24.0 Å². The molecule has 0 radical (unpaired) electrons. The summed E-state index contributed by atoms with van der Waals surface area (Å²) in [5, 5.41) is 12.7. The Hall–Kier alpha value is -0.580. The van der Waals surface area contributed by atoms with Gasteiger partial charge in [-0.2, -0.15) is 0 Å². The lowest BCUT2D eigenvalue weighted by atomic mass is 9.94. The third kappa shape index (κ3) is 2.71. The molecule has 0 bridgehead atoms. The molecule has 18 heavy (non-hydrogen) atoms. The third-order valence-corrected chi connectivity index (χ3v) is 4.20. The molecule has 2 N–H and O–H groups in total. The summed E-state index contributed by atoms with van der Waals surface area (Å²) in [6.45, 7) is 6.58. The van der Waals surface area contributed by atoms with Crippen molar-refractivity contribution in [3.8, 4) is 0 Å². The summed E-state index contributed by atoms with van der Waals surface area (Å²) in [6.07, 6.45) is 0.789. The fourth-order valence-corrected chi connectivity index (χ4v) is 3.24. The number of hydrogen-bond donors (Lipinski definition) is 2. The summed E-state index contributed by atoms with van der Waals surface area (Å²) < 4.78 is 1.11. The van der Waals surface area contributed by atoms with E-state index in [4.69, 9.17) is 0 Å². The molecular formula is C14H21BrN2O. The summed E-state index contributed by atoms with van der Waals surface area (Å²) in [4.78, 5) is 2.43. The summed E-state index contributed by atoms with van der Waals surface area (Å²) in [7, 11) is 0. The minimum atomic E-state index is 0.0436. The lowest BCUT2D eigenvalue weighted by molar-refractivity contribution is 0.241.